The van der Waals surface area contributed by atoms with E-state index in [-0.39, 0.29) is 16.2 Å². The Balaban J connectivity index is 1.57. The van der Waals surface area contributed by atoms with Crippen LogP contribution in [-0.2, 0) is 9.59 Å². The Labute approximate surface area is 170 Å². The lowest BCUT2D eigenvalue weighted by atomic mass is 9.43. The van der Waals surface area contributed by atoms with Gasteiger partial charge in [0.05, 0.1) is 0 Å². The van der Waals surface area contributed by atoms with Crippen LogP contribution in [0.2, 0.25) is 0 Å². The molecule has 8 atom stereocenters. The summed E-state index contributed by atoms with van der Waals surface area (Å²) in [7, 11) is 0. The Morgan fingerprint density at radius 2 is 1.82 bits per heavy atom. The molecule has 5 aliphatic rings. The van der Waals surface area contributed by atoms with Crippen molar-refractivity contribution in [3.05, 3.63) is 11.6 Å². The predicted molar refractivity (Wildman–Crippen MR) is 112 cm³/mol. The van der Waals surface area contributed by atoms with Gasteiger partial charge in [-0.25, -0.2) is 0 Å². The molecule has 0 saturated heterocycles. The number of hydrogen-bond acceptors (Lipinski definition) is 2. The zero-order valence-electron chi connectivity index (χ0n) is 18.4. The Kier molecular flexibility index (Phi) is 4.12. The second-order valence-corrected chi connectivity index (χ2v) is 11.7. The van der Waals surface area contributed by atoms with E-state index in [0.29, 0.717) is 35.2 Å². The fourth-order valence-electron chi connectivity index (χ4n) is 9.78. The van der Waals surface area contributed by atoms with Crippen LogP contribution in [0.25, 0.3) is 0 Å². The molecule has 0 amide bonds. The largest absolute Gasteiger partial charge is 0.299 e. The molecule has 5 rings (SSSR count). The number of hydrogen-bond donors (Lipinski definition) is 0. The van der Waals surface area contributed by atoms with Crippen LogP contribution in [0.15, 0.2) is 11.6 Å². The fourth-order valence-corrected chi connectivity index (χ4v) is 9.78. The maximum atomic E-state index is 13.2. The average molecular weight is 383 g/mol. The van der Waals surface area contributed by atoms with E-state index in [4.69, 9.17) is 0 Å². The van der Waals surface area contributed by atoms with E-state index in [2.05, 4.69) is 20.8 Å². The molecule has 0 aromatic heterocycles. The molecule has 0 aromatic carbocycles. The first-order chi connectivity index (χ1) is 13.2. The van der Waals surface area contributed by atoms with Crippen molar-refractivity contribution in [2.45, 2.75) is 91.9 Å². The molecule has 5 aliphatic carbocycles. The molecular formula is C26H38O2. The maximum absolute atomic E-state index is 13.2. The van der Waals surface area contributed by atoms with Gasteiger partial charge in [0.2, 0.25) is 0 Å². The number of carbonyl (C=O) groups is 2. The lowest BCUT2D eigenvalue weighted by molar-refractivity contribution is -0.149. The van der Waals surface area contributed by atoms with Crippen molar-refractivity contribution in [2.75, 3.05) is 0 Å². The minimum absolute atomic E-state index is 0.0380. The summed E-state index contributed by atoms with van der Waals surface area (Å²) in [6.07, 6.45) is 13.8. The second kappa shape index (κ2) is 6.05. The molecule has 2 nitrogen and oxygen atoms in total. The lowest BCUT2D eigenvalue weighted by Crippen LogP contribution is -2.56. The van der Waals surface area contributed by atoms with Crippen molar-refractivity contribution in [1.82, 2.24) is 0 Å². The van der Waals surface area contributed by atoms with E-state index in [9.17, 15) is 9.59 Å². The SMILES string of the molecule is CC(=O)[C@]12CCCC[C@@H]1C[C@@H]1[C@@H]3C[C@H](C)C4=CC(=O)CC[C@]4(C)[C@H]3CC[C@@]12C. The van der Waals surface area contributed by atoms with Crippen LogP contribution in [0.4, 0.5) is 0 Å². The Hall–Kier alpha value is -0.920. The van der Waals surface area contributed by atoms with Gasteiger partial charge in [-0.1, -0.05) is 39.2 Å². The van der Waals surface area contributed by atoms with Gasteiger partial charge in [-0.3, -0.25) is 9.59 Å². The third-order valence-electron chi connectivity index (χ3n) is 10.9. The molecule has 154 valence electrons. The van der Waals surface area contributed by atoms with Gasteiger partial charge in [-0.05, 0) is 98.4 Å². The number of Topliss-reactive ketones (excluding diaryl/α,β-unsaturated/α-hetero) is 1. The van der Waals surface area contributed by atoms with E-state index in [1.54, 1.807) is 0 Å². The monoisotopic (exact) mass is 382 g/mol. The standard InChI is InChI=1S/C26H38O2/c1-16-13-20-21(24(3)11-8-19(28)15-22(16)24)9-12-25(4)23(20)14-18-7-5-6-10-26(18,25)17(2)27/h15-16,18,20-21,23H,5-14H2,1-4H3/t16-,18+,20+,21-,23+,24+,25-,26+/m0/s1. The molecule has 0 spiro atoms. The van der Waals surface area contributed by atoms with Gasteiger partial charge in [0.15, 0.2) is 5.78 Å². The highest BCUT2D eigenvalue weighted by Crippen LogP contribution is 2.74. The zero-order valence-corrected chi connectivity index (χ0v) is 18.4. The van der Waals surface area contributed by atoms with E-state index >= 15 is 0 Å². The van der Waals surface area contributed by atoms with Crippen LogP contribution < -0.4 is 0 Å². The molecule has 2 heteroatoms. The quantitative estimate of drug-likeness (QED) is 0.546. The number of ketones is 2. The molecule has 0 heterocycles. The van der Waals surface area contributed by atoms with Crippen molar-refractivity contribution < 1.29 is 9.59 Å². The molecular weight excluding hydrogens is 344 g/mol. The van der Waals surface area contributed by atoms with Crippen molar-refractivity contribution in [3.8, 4) is 0 Å². The summed E-state index contributed by atoms with van der Waals surface area (Å²) >= 11 is 0. The van der Waals surface area contributed by atoms with Crippen LogP contribution in [0.3, 0.4) is 0 Å². The number of rotatable bonds is 1. The lowest BCUT2D eigenvalue weighted by Gasteiger charge is -2.61. The normalized spacial score (nSPS) is 52.8. The molecule has 0 radical (unpaired) electrons. The van der Waals surface area contributed by atoms with E-state index < -0.39 is 0 Å². The van der Waals surface area contributed by atoms with Crippen molar-refractivity contribution in [2.24, 2.45) is 45.8 Å². The third-order valence-corrected chi connectivity index (χ3v) is 10.9. The van der Waals surface area contributed by atoms with Gasteiger partial charge in [0.25, 0.3) is 0 Å². The smallest absolute Gasteiger partial charge is 0.155 e. The minimum Gasteiger partial charge on any atom is -0.299 e. The summed E-state index contributed by atoms with van der Waals surface area (Å²) in [5.41, 5.74) is 1.84. The van der Waals surface area contributed by atoms with Gasteiger partial charge < -0.3 is 0 Å². The van der Waals surface area contributed by atoms with Crippen LogP contribution in [-0.4, -0.2) is 11.6 Å². The first-order valence-corrected chi connectivity index (χ1v) is 12.0. The first-order valence-electron chi connectivity index (χ1n) is 12.0. The second-order valence-electron chi connectivity index (χ2n) is 11.7. The first kappa shape index (κ1) is 19.1. The van der Waals surface area contributed by atoms with Gasteiger partial charge in [0.1, 0.15) is 5.78 Å². The summed E-state index contributed by atoms with van der Waals surface area (Å²) in [5, 5.41) is 0. The average Bonchev–Trinajstić information content (AvgIpc) is 2.94. The molecule has 0 bridgehead atoms. The summed E-state index contributed by atoms with van der Waals surface area (Å²) in [6.45, 7) is 9.28. The number of carbonyl (C=O) groups excluding carboxylic acids is 2. The molecule has 0 N–H and O–H groups in total. The number of fused-ring (bicyclic) bond motifs is 7. The van der Waals surface area contributed by atoms with Crippen LogP contribution in [0.1, 0.15) is 91.9 Å². The third kappa shape index (κ3) is 2.16. The van der Waals surface area contributed by atoms with Gasteiger partial charge in [-0.2, -0.15) is 0 Å². The maximum Gasteiger partial charge on any atom is 0.155 e. The molecule has 0 unspecified atom stereocenters. The zero-order chi connectivity index (χ0) is 19.9. The summed E-state index contributed by atoms with van der Waals surface area (Å²) in [6, 6.07) is 0. The van der Waals surface area contributed by atoms with Gasteiger partial charge in [-0.15, -0.1) is 0 Å². The predicted octanol–water partition coefficient (Wildman–Crippen LogP) is 6.14. The highest BCUT2D eigenvalue weighted by atomic mass is 16.1. The van der Waals surface area contributed by atoms with Crippen molar-refractivity contribution in [1.29, 1.82) is 0 Å². The summed E-state index contributed by atoms with van der Waals surface area (Å²) in [5.74, 6) is 4.16. The van der Waals surface area contributed by atoms with Crippen LogP contribution in [0, 0.1) is 45.8 Å². The van der Waals surface area contributed by atoms with Crippen LogP contribution >= 0.6 is 0 Å². The highest BCUT2D eigenvalue weighted by Gasteiger charge is 2.69. The van der Waals surface area contributed by atoms with Crippen molar-refractivity contribution >= 4 is 11.6 Å². The number of allylic oxidation sites excluding steroid dienone is 1. The topological polar surface area (TPSA) is 34.1 Å². The van der Waals surface area contributed by atoms with Gasteiger partial charge in [0, 0.05) is 11.8 Å². The fraction of sp³-hybridized carbons (Fsp3) is 0.846. The Morgan fingerprint density at radius 3 is 2.57 bits per heavy atom. The van der Waals surface area contributed by atoms with Crippen LogP contribution in [0.5, 0.6) is 0 Å². The van der Waals surface area contributed by atoms with Crippen molar-refractivity contribution in [3.63, 3.8) is 0 Å². The summed E-state index contributed by atoms with van der Waals surface area (Å²) in [4.78, 5) is 25.3. The Morgan fingerprint density at radius 1 is 1.04 bits per heavy atom. The molecule has 0 aliphatic heterocycles. The Bertz CT molecular complexity index is 750. The molecule has 0 aromatic rings. The highest BCUT2D eigenvalue weighted by molar-refractivity contribution is 5.91. The van der Waals surface area contributed by atoms with E-state index in [1.165, 1.54) is 50.5 Å². The molecule has 4 fully saturated rings. The van der Waals surface area contributed by atoms with E-state index in [1.807, 2.05) is 13.0 Å². The molecule has 4 saturated carbocycles. The summed E-state index contributed by atoms with van der Waals surface area (Å²) < 4.78 is 0. The van der Waals surface area contributed by atoms with Gasteiger partial charge >= 0.3 is 0 Å². The van der Waals surface area contributed by atoms with E-state index in [0.717, 1.165) is 25.2 Å². The minimum atomic E-state index is -0.0380. The molecule has 28 heavy (non-hydrogen) atoms.